The average Bonchev–Trinajstić information content (AvgIpc) is 2.40. The fraction of sp³-hybridized carbons (Fsp3) is 0.154. The maximum atomic E-state index is 10.8. The molecule has 0 atom stereocenters. The third kappa shape index (κ3) is 3.36. The SMILES string of the molecule is O=C(O)c1cccc(CNCc2cccnn2)c1. The molecule has 1 aromatic carbocycles. The lowest BCUT2D eigenvalue weighted by Crippen LogP contribution is -2.14. The number of aromatic carboxylic acids is 1. The van der Waals surface area contributed by atoms with Crippen LogP contribution in [0, 0.1) is 0 Å². The van der Waals surface area contributed by atoms with Gasteiger partial charge < -0.3 is 10.4 Å². The van der Waals surface area contributed by atoms with Crippen molar-refractivity contribution >= 4 is 5.97 Å². The maximum absolute atomic E-state index is 10.8. The van der Waals surface area contributed by atoms with Crippen LogP contribution in [0.25, 0.3) is 0 Å². The first-order valence-corrected chi connectivity index (χ1v) is 5.55. The first kappa shape index (κ1) is 12.2. The van der Waals surface area contributed by atoms with Gasteiger partial charge in [-0.25, -0.2) is 4.79 Å². The predicted molar refractivity (Wildman–Crippen MR) is 66.0 cm³/mol. The van der Waals surface area contributed by atoms with Crippen molar-refractivity contribution in [3.05, 3.63) is 59.4 Å². The summed E-state index contributed by atoms with van der Waals surface area (Å²) in [5.74, 6) is -0.911. The molecule has 18 heavy (non-hydrogen) atoms. The number of rotatable bonds is 5. The highest BCUT2D eigenvalue weighted by molar-refractivity contribution is 5.87. The minimum atomic E-state index is -0.911. The number of benzene rings is 1. The van der Waals surface area contributed by atoms with Gasteiger partial charge >= 0.3 is 5.97 Å². The van der Waals surface area contributed by atoms with E-state index in [1.807, 2.05) is 18.2 Å². The molecule has 0 unspecified atom stereocenters. The fourth-order valence-electron chi connectivity index (χ4n) is 1.58. The molecule has 92 valence electrons. The molecule has 0 saturated heterocycles. The van der Waals surface area contributed by atoms with Crippen LogP contribution in [0.15, 0.2) is 42.6 Å². The van der Waals surface area contributed by atoms with Crippen molar-refractivity contribution in [2.45, 2.75) is 13.1 Å². The second kappa shape index (κ2) is 5.88. The Balaban J connectivity index is 1.90. The Labute approximate surface area is 104 Å². The van der Waals surface area contributed by atoms with Gasteiger partial charge in [0.2, 0.25) is 0 Å². The number of carboxylic acids is 1. The second-order valence-electron chi connectivity index (χ2n) is 3.82. The molecule has 0 fully saturated rings. The van der Waals surface area contributed by atoms with Gasteiger partial charge in [0, 0.05) is 19.3 Å². The molecule has 0 spiro atoms. The average molecular weight is 243 g/mol. The Morgan fingerprint density at radius 1 is 1.22 bits per heavy atom. The summed E-state index contributed by atoms with van der Waals surface area (Å²) in [4.78, 5) is 10.8. The summed E-state index contributed by atoms with van der Waals surface area (Å²) in [6.07, 6.45) is 1.62. The maximum Gasteiger partial charge on any atom is 0.335 e. The molecular weight excluding hydrogens is 230 g/mol. The summed E-state index contributed by atoms with van der Waals surface area (Å²) in [5.41, 5.74) is 2.08. The van der Waals surface area contributed by atoms with Crippen LogP contribution in [-0.2, 0) is 13.1 Å². The van der Waals surface area contributed by atoms with E-state index in [2.05, 4.69) is 15.5 Å². The van der Waals surface area contributed by atoms with Crippen molar-refractivity contribution in [1.29, 1.82) is 0 Å². The number of carboxylic acid groups (broad SMARTS) is 1. The molecule has 0 radical (unpaired) electrons. The molecule has 2 aromatic rings. The summed E-state index contributed by atoms with van der Waals surface area (Å²) >= 11 is 0. The van der Waals surface area contributed by atoms with Gasteiger partial charge in [-0.2, -0.15) is 10.2 Å². The van der Waals surface area contributed by atoms with Crippen LogP contribution in [-0.4, -0.2) is 21.3 Å². The van der Waals surface area contributed by atoms with E-state index in [-0.39, 0.29) is 0 Å². The van der Waals surface area contributed by atoms with E-state index in [1.54, 1.807) is 24.4 Å². The summed E-state index contributed by atoms with van der Waals surface area (Å²) in [6, 6.07) is 10.6. The highest BCUT2D eigenvalue weighted by Crippen LogP contribution is 2.05. The van der Waals surface area contributed by atoms with Crippen molar-refractivity contribution in [3.8, 4) is 0 Å². The largest absolute Gasteiger partial charge is 0.478 e. The lowest BCUT2D eigenvalue weighted by Gasteiger charge is -2.04. The molecule has 2 rings (SSSR count). The molecule has 0 saturated carbocycles. The summed E-state index contributed by atoms with van der Waals surface area (Å²) in [7, 11) is 0. The molecule has 1 aromatic heterocycles. The molecule has 0 aliphatic heterocycles. The zero-order valence-electron chi connectivity index (χ0n) is 9.71. The molecular formula is C13H13N3O2. The Morgan fingerprint density at radius 2 is 2.11 bits per heavy atom. The van der Waals surface area contributed by atoms with Crippen molar-refractivity contribution in [1.82, 2.24) is 15.5 Å². The zero-order chi connectivity index (χ0) is 12.8. The van der Waals surface area contributed by atoms with E-state index < -0.39 is 5.97 Å². The Bertz CT molecular complexity index is 529. The molecule has 5 heteroatoms. The molecule has 2 N–H and O–H groups in total. The highest BCUT2D eigenvalue weighted by Gasteiger charge is 2.02. The smallest absolute Gasteiger partial charge is 0.335 e. The van der Waals surface area contributed by atoms with Gasteiger partial charge in [0.05, 0.1) is 11.3 Å². The summed E-state index contributed by atoms with van der Waals surface area (Å²) in [6.45, 7) is 1.20. The van der Waals surface area contributed by atoms with Crippen LogP contribution in [0.4, 0.5) is 0 Å². The van der Waals surface area contributed by atoms with Crippen LogP contribution < -0.4 is 5.32 Å². The predicted octanol–water partition coefficient (Wildman–Crippen LogP) is 1.46. The lowest BCUT2D eigenvalue weighted by atomic mass is 10.1. The monoisotopic (exact) mass is 243 g/mol. The minimum Gasteiger partial charge on any atom is -0.478 e. The zero-order valence-corrected chi connectivity index (χ0v) is 9.71. The Morgan fingerprint density at radius 3 is 2.83 bits per heavy atom. The van der Waals surface area contributed by atoms with E-state index in [4.69, 9.17) is 5.11 Å². The van der Waals surface area contributed by atoms with Gasteiger partial charge in [-0.3, -0.25) is 0 Å². The first-order chi connectivity index (χ1) is 8.75. The van der Waals surface area contributed by atoms with Gasteiger partial charge in [-0.05, 0) is 29.8 Å². The van der Waals surface area contributed by atoms with Gasteiger partial charge in [-0.15, -0.1) is 0 Å². The number of hydrogen-bond acceptors (Lipinski definition) is 4. The van der Waals surface area contributed by atoms with Gasteiger partial charge in [0.25, 0.3) is 0 Å². The number of hydrogen-bond donors (Lipinski definition) is 2. The van der Waals surface area contributed by atoms with E-state index in [0.717, 1.165) is 11.3 Å². The van der Waals surface area contributed by atoms with Crippen LogP contribution >= 0.6 is 0 Å². The van der Waals surface area contributed by atoms with E-state index in [9.17, 15) is 4.79 Å². The van der Waals surface area contributed by atoms with Crippen LogP contribution in [0.2, 0.25) is 0 Å². The number of carbonyl (C=O) groups is 1. The van der Waals surface area contributed by atoms with Gasteiger partial charge in [-0.1, -0.05) is 12.1 Å². The highest BCUT2D eigenvalue weighted by atomic mass is 16.4. The van der Waals surface area contributed by atoms with Crippen molar-refractivity contribution in [2.75, 3.05) is 0 Å². The van der Waals surface area contributed by atoms with E-state index in [0.29, 0.717) is 18.7 Å². The van der Waals surface area contributed by atoms with Gasteiger partial charge in [0.15, 0.2) is 0 Å². The molecule has 0 aliphatic rings. The number of aromatic nitrogens is 2. The molecule has 0 aliphatic carbocycles. The fourth-order valence-corrected chi connectivity index (χ4v) is 1.58. The normalized spacial score (nSPS) is 10.2. The quantitative estimate of drug-likeness (QED) is 0.831. The van der Waals surface area contributed by atoms with Crippen LogP contribution in [0.3, 0.4) is 0 Å². The van der Waals surface area contributed by atoms with Crippen molar-refractivity contribution in [2.24, 2.45) is 0 Å². The molecule has 0 bridgehead atoms. The Kier molecular flexibility index (Phi) is 3.98. The van der Waals surface area contributed by atoms with Crippen LogP contribution in [0.5, 0.6) is 0 Å². The second-order valence-corrected chi connectivity index (χ2v) is 3.82. The molecule has 1 heterocycles. The van der Waals surface area contributed by atoms with E-state index >= 15 is 0 Å². The molecule has 5 nitrogen and oxygen atoms in total. The summed E-state index contributed by atoms with van der Waals surface area (Å²) < 4.78 is 0. The summed E-state index contributed by atoms with van der Waals surface area (Å²) in [5, 5.41) is 19.8. The number of nitrogens with one attached hydrogen (secondary N) is 1. The minimum absolute atomic E-state index is 0.300. The Hall–Kier alpha value is -2.27. The van der Waals surface area contributed by atoms with Crippen molar-refractivity contribution in [3.63, 3.8) is 0 Å². The lowest BCUT2D eigenvalue weighted by molar-refractivity contribution is 0.0696. The van der Waals surface area contributed by atoms with Crippen LogP contribution in [0.1, 0.15) is 21.6 Å². The standard InChI is InChI=1S/C13H13N3O2/c17-13(18)11-4-1-3-10(7-11)8-14-9-12-5-2-6-15-16-12/h1-7,14H,8-9H2,(H,17,18). The first-order valence-electron chi connectivity index (χ1n) is 5.55. The topological polar surface area (TPSA) is 75.1 Å². The van der Waals surface area contributed by atoms with E-state index in [1.165, 1.54) is 0 Å². The van der Waals surface area contributed by atoms with Crippen molar-refractivity contribution < 1.29 is 9.90 Å². The number of nitrogens with zero attached hydrogens (tertiary/aromatic N) is 2. The molecule has 0 amide bonds. The third-order valence-electron chi connectivity index (χ3n) is 2.44. The van der Waals surface area contributed by atoms with Gasteiger partial charge in [0.1, 0.15) is 0 Å². The third-order valence-corrected chi connectivity index (χ3v) is 2.44.